The van der Waals surface area contributed by atoms with Crippen LogP contribution in [0.4, 0.5) is 0 Å². The third kappa shape index (κ3) is 5.28. The highest BCUT2D eigenvalue weighted by Gasteiger charge is 2.32. The van der Waals surface area contributed by atoms with Crippen molar-refractivity contribution in [3.05, 3.63) is 205 Å². The maximum Gasteiger partial charge on any atom is 0.169 e. The molecule has 3 atom stereocenters. The Morgan fingerprint density at radius 2 is 1.26 bits per heavy atom. The molecule has 1 N–H and O–H groups in total. The molecule has 3 heterocycles. The van der Waals surface area contributed by atoms with Crippen molar-refractivity contribution in [2.45, 2.75) is 12.1 Å². The standard InChI is InChI=1S/C53H35N3OS/c1-2-14-32(15-3-1)51-54-52(56-53(55-51)43-25-12-24-41-39-21-10-11-27-48(39)58-50(41)43)42-22-9-8-20-38(42)40-23-13-26-47-49(40)45-31-34(28-29-46(45)57-47)44-30-33-16-4-5-17-35(33)36-18-6-7-19-37(36)44/h1-31,38,42,51H,(H,54,55,56). The van der Waals surface area contributed by atoms with Gasteiger partial charge in [0.25, 0.3) is 0 Å². The molecule has 1 aliphatic heterocycles. The molecular weight excluding hydrogens is 727 g/mol. The summed E-state index contributed by atoms with van der Waals surface area (Å²) in [6.45, 7) is 0. The van der Waals surface area contributed by atoms with E-state index in [1.54, 1.807) is 0 Å². The molecule has 3 unspecified atom stereocenters. The van der Waals surface area contributed by atoms with E-state index < -0.39 is 0 Å². The number of nitrogens with one attached hydrogen (secondary N) is 1. The molecule has 0 fully saturated rings. The fourth-order valence-electron chi connectivity index (χ4n) is 9.24. The van der Waals surface area contributed by atoms with Gasteiger partial charge in [0.15, 0.2) is 6.17 Å². The Bertz CT molecular complexity index is 3400. The van der Waals surface area contributed by atoms with Gasteiger partial charge in [-0.1, -0.05) is 152 Å². The molecule has 0 radical (unpaired) electrons. The lowest BCUT2D eigenvalue weighted by Gasteiger charge is -2.31. The lowest BCUT2D eigenvalue weighted by Crippen LogP contribution is -2.41. The van der Waals surface area contributed by atoms with Crippen molar-refractivity contribution in [2.24, 2.45) is 15.9 Å². The summed E-state index contributed by atoms with van der Waals surface area (Å²) in [5.41, 5.74) is 7.51. The average molecular weight is 762 g/mol. The minimum absolute atomic E-state index is 0.0122. The number of thiophene rings is 1. The lowest BCUT2D eigenvalue weighted by molar-refractivity contribution is 0.665. The second-order valence-electron chi connectivity index (χ2n) is 15.2. The van der Waals surface area contributed by atoms with E-state index >= 15 is 0 Å². The van der Waals surface area contributed by atoms with Gasteiger partial charge < -0.3 is 9.73 Å². The average Bonchev–Trinajstić information content (AvgIpc) is 3.87. The van der Waals surface area contributed by atoms with Gasteiger partial charge in [0.2, 0.25) is 0 Å². The van der Waals surface area contributed by atoms with Gasteiger partial charge in [-0.25, -0.2) is 9.98 Å². The molecular formula is C53H35N3OS. The van der Waals surface area contributed by atoms with Crippen LogP contribution in [0.5, 0.6) is 0 Å². The van der Waals surface area contributed by atoms with Crippen LogP contribution in [0.1, 0.15) is 28.8 Å². The van der Waals surface area contributed by atoms with Crippen LogP contribution in [-0.4, -0.2) is 11.7 Å². The van der Waals surface area contributed by atoms with Crippen LogP contribution < -0.4 is 5.32 Å². The Hall–Kier alpha value is -7.08. The first-order chi connectivity index (χ1) is 28.7. The van der Waals surface area contributed by atoms with Gasteiger partial charge in [0.05, 0.1) is 0 Å². The summed E-state index contributed by atoms with van der Waals surface area (Å²) in [6.07, 6.45) is 8.54. The van der Waals surface area contributed by atoms with Gasteiger partial charge in [-0.05, 0) is 80.2 Å². The molecule has 0 spiro atoms. The molecule has 2 aromatic heterocycles. The maximum atomic E-state index is 6.62. The number of fused-ring (bicyclic) bond motifs is 9. The van der Waals surface area contributed by atoms with Crippen molar-refractivity contribution in [1.29, 1.82) is 0 Å². The van der Waals surface area contributed by atoms with E-state index in [1.165, 1.54) is 58.4 Å². The molecule has 1 aliphatic carbocycles. The second kappa shape index (κ2) is 13.3. The van der Waals surface area contributed by atoms with Crippen LogP contribution in [0.2, 0.25) is 0 Å². The van der Waals surface area contributed by atoms with Crippen LogP contribution in [-0.2, 0) is 0 Å². The van der Waals surface area contributed by atoms with Gasteiger partial charge in [-0.3, -0.25) is 0 Å². The number of nitrogens with zero attached hydrogens (tertiary/aromatic N) is 2. The molecule has 8 aromatic carbocycles. The summed E-state index contributed by atoms with van der Waals surface area (Å²) in [5.74, 6) is 1.65. The lowest BCUT2D eigenvalue weighted by atomic mass is 9.80. The number of furan rings is 1. The molecule has 4 nitrogen and oxygen atoms in total. The number of benzene rings is 8. The van der Waals surface area contributed by atoms with Crippen LogP contribution in [0.25, 0.3) is 74.8 Å². The number of hydrogen-bond donors (Lipinski definition) is 1. The van der Waals surface area contributed by atoms with Crippen molar-refractivity contribution in [3.63, 3.8) is 0 Å². The monoisotopic (exact) mass is 761 g/mol. The van der Waals surface area contributed by atoms with Crippen molar-refractivity contribution < 1.29 is 4.42 Å². The second-order valence-corrected chi connectivity index (χ2v) is 16.3. The fraction of sp³-hybridized carbons (Fsp3) is 0.0566. The predicted octanol–water partition coefficient (Wildman–Crippen LogP) is 13.9. The van der Waals surface area contributed by atoms with Crippen LogP contribution in [0.15, 0.2) is 202 Å². The molecule has 2 aliphatic rings. The van der Waals surface area contributed by atoms with E-state index in [0.29, 0.717) is 0 Å². The van der Waals surface area contributed by atoms with E-state index in [-0.39, 0.29) is 18.0 Å². The molecule has 58 heavy (non-hydrogen) atoms. The largest absolute Gasteiger partial charge is 0.456 e. The van der Waals surface area contributed by atoms with Gasteiger partial charge in [-0.2, -0.15) is 0 Å². The Morgan fingerprint density at radius 1 is 0.517 bits per heavy atom. The number of hydrogen-bond acceptors (Lipinski definition) is 5. The fourth-order valence-corrected chi connectivity index (χ4v) is 10.5. The zero-order chi connectivity index (χ0) is 38.2. The van der Waals surface area contributed by atoms with E-state index in [2.05, 4.69) is 187 Å². The summed E-state index contributed by atoms with van der Waals surface area (Å²) in [6, 6.07) is 58.6. The zero-order valence-corrected chi connectivity index (χ0v) is 32.2. The zero-order valence-electron chi connectivity index (χ0n) is 31.3. The van der Waals surface area contributed by atoms with Crippen molar-refractivity contribution >= 4 is 86.7 Å². The molecule has 274 valence electrons. The van der Waals surface area contributed by atoms with E-state index in [1.807, 2.05) is 17.4 Å². The van der Waals surface area contributed by atoms with Gasteiger partial charge in [0.1, 0.15) is 22.8 Å². The summed E-state index contributed by atoms with van der Waals surface area (Å²) < 4.78 is 9.12. The first-order valence-electron chi connectivity index (χ1n) is 19.8. The third-order valence-electron chi connectivity index (χ3n) is 11.9. The normalized spacial score (nSPS) is 18.0. The smallest absolute Gasteiger partial charge is 0.169 e. The van der Waals surface area contributed by atoms with Crippen molar-refractivity contribution in [3.8, 4) is 11.1 Å². The topological polar surface area (TPSA) is 49.9 Å². The SMILES string of the molecule is C1=CC(C2=NC(c3ccccc3)N=C(c3cccc4c3sc3ccccc34)N2)C(c2cccc3oc4ccc(-c5cc6ccccc6c6ccccc56)cc4c23)C=C1. The van der Waals surface area contributed by atoms with E-state index in [9.17, 15) is 0 Å². The summed E-state index contributed by atoms with van der Waals surface area (Å²) >= 11 is 1.82. The molecule has 0 amide bonds. The van der Waals surface area contributed by atoms with Gasteiger partial charge >= 0.3 is 0 Å². The maximum absolute atomic E-state index is 6.62. The molecule has 0 saturated carbocycles. The highest BCUT2D eigenvalue weighted by atomic mass is 32.1. The summed E-state index contributed by atoms with van der Waals surface area (Å²) in [4.78, 5) is 10.7. The Kier molecular flexibility index (Phi) is 7.57. The van der Waals surface area contributed by atoms with Crippen LogP contribution in [0, 0.1) is 5.92 Å². The predicted molar refractivity (Wildman–Crippen MR) is 244 cm³/mol. The van der Waals surface area contributed by atoms with Crippen LogP contribution >= 0.6 is 11.3 Å². The van der Waals surface area contributed by atoms with Crippen molar-refractivity contribution in [1.82, 2.24) is 5.32 Å². The Morgan fingerprint density at radius 3 is 2.16 bits per heavy atom. The van der Waals surface area contributed by atoms with Gasteiger partial charge in [-0.15, -0.1) is 11.3 Å². The highest BCUT2D eigenvalue weighted by molar-refractivity contribution is 7.26. The Balaban J connectivity index is 0.998. The first-order valence-corrected chi connectivity index (χ1v) is 20.7. The summed E-state index contributed by atoms with van der Waals surface area (Å²) in [5, 5.41) is 13.6. The quantitative estimate of drug-likeness (QED) is 0.178. The number of aliphatic imine (C=N–C) groups is 2. The minimum Gasteiger partial charge on any atom is -0.456 e. The van der Waals surface area contributed by atoms with E-state index in [4.69, 9.17) is 14.4 Å². The number of rotatable bonds is 5. The molecule has 10 aromatic rings. The molecule has 12 rings (SSSR count). The van der Waals surface area contributed by atoms with Crippen molar-refractivity contribution in [2.75, 3.05) is 0 Å². The van der Waals surface area contributed by atoms with Crippen LogP contribution in [0.3, 0.4) is 0 Å². The molecule has 0 bridgehead atoms. The molecule has 5 heteroatoms. The minimum atomic E-state index is -0.387. The number of amidine groups is 2. The molecule has 0 saturated heterocycles. The van der Waals surface area contributed by atoms with E-state index in [0.717, 1.165) is 44.7 Å². The summed E-state index contributed by atoms with van der Waals surface area (Å²) in [7, 11) is 0. The first kappa shape index (κ1) is 33.1. The number of allylic oxidation sites excluding steroid dienone is 3. The third-order valence-corrected chi connectivity index (χ3v) is 13.2. The highest BCUT2D eigenvalue weighted by Crippen LogP contribution is 2.44. The van der Waals surface area contributed by atoms with Gasteiger partial charge in [0, 0.05) is 48.3 Å². The Labute approximate surface area is 338 Å².